The highest BCUT2D eigenvalue weighted by Crippen LogP contribution is 2.36. The van der Waals surface area contributed by atoms with E-state index in [1.54, 1.807) is 0 Å². The highest BCUT2D eigenvalue weighted by Gasteiger charge is 2.54. The van der Waals surface area contributed by atoms with Crippen molar-refractivity contribution in [1.82, 2.24) is 19.5 Å². The maximum Gasteiger partial charge on any atom is 0.523 e. The van der Waals surface area contributed by atoms with Crippen molar-refractivity contribution in [3.8, 4) is 0 Å². The molecule has 4 atom stereocenters. The predicted octanol–water partition coefficient (Wildman–Crippen LogP) is -1.40. The molecule has 0 spiro atoms. The highest BCUT2D eigenvalue weighted by atomic mass is 32.2. The molecule has 15 heteroatoms. The second-order valence-electron chi connectivity index (χ2n) is 5.25. The molecule has 0 unspecified atom stereocenters. The first-order chi connectivity index (χ1) is 12.1. The summed E-state index contributed by atoms with van der Waals surface area (Å²) in [5, 5.41) is 19.2. The Morgan fingerprint density at radius 1 is 1.38 bits per heavy atom. The molecular weight excluding hydrogens is 389 g/mol. The molecule has 11 nitrogen and oxygen atoms in total. The minimum absolute atomic E-state index is 0.150. The Bertz CT molecular complexity index is 972. The zero-order valence-corrected chi connectivity index (χ0v) is 13.3. The van der Waals surface area contributed by atoms with E-state index in [1.165, 1.54) is 0 Å². The molecule has 1 saturated heterocycles. The number of hydrogen-bond acceptors (Lipinski definition) is 9. The number of rotatable bonds is 4. The van der Waals surface area contributed by atoms with Crippen molar-refractivity contribution >= 4 is 21.3 Å². The Kier molecular flexibility index (Phi) is 4.51. The molecule has 2 aromatic rings. The highest BCUT2D eigenvalue weighted by molar-refractivity contribution is 7.87. The van der Waals surface area contributed by atoms with E-state index in [9.17, 15) is 36.6 Å². The zero-order chi connectivity index (χ0) is 19.3. The van der Waals surface area contributed by atoms with Gasteiger partial charge in [-0.2, -0.15) is 21.6 Å². The third-order valence-electron chi connectivity index (χ3n) is 3.65. The Morgan fingerprint density at radius 2 is 2.08 bits per heavy atom. The number of alkyl halides is 3. The molecule has 0 bridgehead atoms. The van der Waals surface area contributed by atoms with Gasteiger partial charge in [-0.25, -0.2) is 9.97 Å². The molecule has 0 aromatic carbocycles. The number of fused-ring (bicyclic) bond motifs is 1. The van der Waals surface area contributed by atoms with Crippen molar-refractivity contribution in [2.24, 2.45) is 0 Å². The second kappa shape index (κ2) is 6.27. The van der Waals surface area contributed by atoms with Gasteiger partial charge in [-0.3, -0.25) is 13.5 Å². The number of aromatic amines is 1. The summed E-state index contributed by atoms with van der Waals surface area (Å²) in [4.78, 5) is 21.4. The van der Waals surface area contributed by atoms with E-state index in [0.717, 1.165) is 17.2 Å². The van der Waals surface area contributed by atoms with Crippen molar-refractivity contribution in [2.45, 2.75) is 30.0 Å². The van der Waals surface area contributed by atoms with Crippen molar-refractivity contribution in [3.05, 3.63) is 23.0 Å². The van der Waals surface area contributed by atoms with Crippen LogP contribution in [0.1, 0.15) is 6.23 Å². The van der Waals surface area contributed by atoms with Gasteiger partial charge in [0, 0.05) is 0 Å². The van der Waals surface area contributed by atoms with Gasteiger partial charge in [-0.1, -0.05) is 0 Å². The van der Waals surface area contributed by atoms with E-state index in [4.69, 9.17) is 4.74 Å². The van der Waals surface area contributed by atoms with Crippen molar-refractivity contribution in [3.63, 3.8) is 0 Å². The normalized spacial score (nSPS) is 27.3. The van der Waals surface area contributed by atoms with Crippen LogP contribution in [0.25, 0.3) is 11.2 Å². The number of aromatic nitrogens is 4. The number of aliphatic hydroxyl groups excluding tert-OH is 2. The lowest BCUT2D eigenvalue weighted by Gasteiger charge is -2.21. The quantitative estimate of drug-likeness (QED) is 0.415. The summed E-state index contributed by atoms with van der Waals surface area (Å²) in [7, 11) is -6.07. The molecule has 3 N–H and O–H groups in total. The average molecular weight is 400 g/mol. The summed E-state index contributed by atoms with van der Waals surface area (Å²) >= 11 is 0. The SMILES string of the molecule is O=c1[nH]cnc2c1ncn2[C@H]1O[C@@H](CO)[C@H](O)[C@@H]1OS(=O)(=O)C(F)(F)F. The maximum atomic E-state index is 12.6. The Hall–Kier alpha value is -2.07. The molecule has 3 heterocycles. The summed E-state index contributed by atoms with van der Waals surface area (Å²) in [6.07, 6.45) is -5.13. The lowest BCUT2D eigenvalue weighted by molar-refractivity contribution is -0.0698. The van der Waals surface area contributed by atoms with Gasteiger partial charge in [0.05, 0.1) is 19.3 Å². The van der Waals surface area contributed by atoms with Crippen molar-refractivity contribution < 1.29 is 40.7 Å². The molecule has 2 aromatic heterocycles. The van der Waals surface area contributed by atoms with Crippen LogP contribution in [0.4, 0.5) is 13.2 Å². The van der Waals surface area contributed by atoms with Crippen LogP contribution in [0.15, 0.2) is 17.4 Å². The molecule has 1 aliphatic rings. The van der Waals surface area contributed by atoms with Crippen LogP contribution in [0.2, 0.25) is 0 Å². The van der Waals surface area contributed by atoms with E-state index in [0.29, 0.717) is 0 Å². The minimum Gasteiger partial charge on any atom is -0.394 e. The molecule has 26 heavy (non-hydrogen) atoms. The molecule has 144 valence electrons. The molecule has 1 fully saturated rings. The van der Waals surface area contributed by atoms with E-state index >= 15 is 0 Å². The number of aliphatic hydroxyl groups is 2. The molecule has 3 rings (SSSR count). The largest absolute Gasteiger partial charge is 0.523 e. The summed E-state index contributed by atoms with van der Waals surface area (Å²) in [5.41, 5.74) is -6.74. The summed E-state index contributed by atoms with van der Waals surface area (Å²) in [5.74, 6) is 0. The maximum absolute atomic E-state index is 12.6. The van der Waals surface area contributed by atoms with Crippen molar-refractivity contribution in [2.75, 3.05) is 6.61 Å². The lowest BCUT2D eigenvalue weighted by Crippen LogP contribution is -2.40. The van der Waals surface area contributed by atoms with Crippen LogP contribution >= 0.6 is 0 Å². The summed E-state index contributed by atoms with van der Waals surface area (Å²) in [6, 6.07) is 0. The number of nitrogens with one attached hydrogen (secondary N) is 1. The number of nitrogens with zero attached hydrogens (tertiary/aromatic N) is 3. The van der Waals surface area contributed by atoms with Crippen LogP contribution in [0.3, 0.4) is 0 Å². The predicted molar refractivity (Wildman–Crippen MR) is 75.0 cm³/mol. The molecular formula is C11H11F3N4O7S. The Morgan fingerprint density at radius 3 is 2.69 bits per heavy atom. The van der Waals surface area contributed by atoms with Gasteiger partial charge in [0.25, 0.3) is 5.56 Å². The van der Waals surface area contributed by atoms with Gasteiger partial charge in [-0.15, -0.1) is 0 Å². The van der Waals surface area contributed by atoms with E-state index < -0.39 is 52.3 Å². The number of halogens is 3. The zero-order valence-electron chi connectivity index (χ0n) is 12.5. The fraction of sp³-hybridized carbons (Fsp3) is 0.545. The van der Waals surface area contributed by atoms with Crippen LogP contribution < -0.4 is 5.56 Å². The first-order valence-corrected chi connectivity index (χ1v) is 8.32. The van der Waals surface area contributed by atoms with E-state index in [2.05, 4.69) is 19.1 Å². The topological polar surface area (TPSA) is 157 Å². The number of imidazole rings is 1. The second-order valence-corrected chi connectivity index (χ2v) is 6.82. The van der Waals surface area contributed by atoms with Gasteiger partial charge in [-0.05, 0) is 0 Å². The molecule has 0 saturated carbocycles. The Balaban J connectivity index is 2.05. The molecule has 0 radical (unpaired) electrons. The van der Waals surface area contributed by atoms with Crippen molar-refractivity contribution in [1.29, 1.82) is 0 Å². The third-order valence-corrected chi connectivity index (χ3v) is 4.70. The Labute approximate surface area is 142 Å². The van der Waals surface area contributed by atoms with Gasteiger partial charge < -0.3 is 19.9 Å². The van der Waals surface area contributed by atoms with Gasteiger partial charge in [0.15, 0.2) is 23.5 Å². The van der Waals surface area contributed by atoms with E-state index in [-0.39, 0.29) is 11.2 Å². The fourth-order valence-corrected chi connectivity index (χ4v) is 3.06. The van der Waals surface area contributed by atoms with Gasteiger partial charge in [0.2, 0.25) is 0 Å². The fourth-order valence-electron chi connectivity index (χ4n) is 2.45. The summed E-state index contributed by atoms with van der Waals surface area (Å²) in [6.45, 7) is -0.829. The number of H-pyrrole nitrogens is 1. The summed E-state index contributed by atoms with van der Waals surface area (Å²) < 4.78 is 70.7. The minimum atomic E-state index is -6.07. The first-order valence-electron chi connectivity index (χ1n) is 6.91. The molecule has 0 amide bonds. The average Bonchev–Trinajstić information content (AvgIpc) is 3.09. The number of hydrogen-bond donors (Lipinski definition) is 3. The van der Waals surface area contributed by atoms with Gasteiger partial charge >= 0.3 is 15.6 Å². The third kappa shape index (κ3) is 2.96. The van der Waals surface area contributed by atoms with Crippen LogP contribution in [0.5, 0.6) is 0 Å². The van der Waals surface area contributed by atoms with Crippen LogP contribution in [0, 0.1) is 0 Å². The van der Waals surface area contributed by atoms with Gasteiger partial charge in [0.1, 0.15) is 12.2 Å². The van der Waals surface area contributed by atoms with E-state index in [1.807, 2.05) is 0 Å². The first kappa shape index (κ1) is 18.7. The smallest absolute Gasteiger partial charge is 0.394 e. The lowest BCUT2D eigenvalue weighted by atomic mass is 10.1. The standard InChI is InChI=1S/C11H11F3N4O7S/c12-11(13,14)26(22,23)25-7-6(20)4(1-19)24-10(7)18-3-17-5-8(18)15-2-16-9(5)21/h2-4,6-7,10,19-20H,1H2,(H,15,16,21)/t4-,6-,7-,10-/m0/s1. The number of ether oxygens (including phenoxy) is 1. The van der Waals surface area contributed by atoms with Crippen LogP contribution in [-0.2, 0) is 19.0 Å². The monoisotopic (exact) mass is 400 g/mol. The van der Waals surface area contributed by atoms with Crippen LogP contribution in [-0.4, -0.2) is 68.6 Å². The molecule has 0 aliphatic carbocycles. The molecule has 1 aliphatic heterocycles.